The molecule has 2 rings (SSSR count). The summed E-state index contributed by atoms with van der Waals surface area (Å²) in [6, 6.07) is 9.81. The molecule has 2 N–H and O–H groups in total. The van der Waals surface area contributed by atoms with Crippen LogP contribution in [0.4, 0.5) is 11.4 Å². The van der Waals surface area contributed by atoms with Gasteiger partial charge in [-0.2, -0.15) is 0 Å². The zero-order valence-electron chi connectivity index (χ0n) is 18.6. The lowest BCUT2D eigenvalue weighted by atomic mass is 10.1. The van der Waals surface area contributed by atoms with Gasteiger partial charge in [-0.15, -0.1) is 0 Å². The number of carbonyl (C=O) groups is 1. The molecule has 0 amide bonds. The molecule has 0 aliphatic heterocycles. The van der Waals surface area contributed by atoms with E-state index in [2.05, 4.69) is 37.3 Å². The second-order valence-corrected chi connectivity index (χ2v) is 10.3. The zero-order valence-corrected chi connectivity index (χ0v) is 19.4. The molecule has 0 spiro atoms. The molecule has 0 aliphatic rings. The number of nitrogens with one attached hydrogen (secondary N) is 1. The quantitative estimate of drug-likeness (QED) is 0.587. The molecular formula is C23H32N2O4S. The number of aromatic carboxylic acids is 1. The average Bonchev–Trinajstić information content (AvgIpc) is 2.59. The largest absolute Gasteiger partial charge is 0.478 e. The van der Waals surface area contributed by atoms with Crippen LogP contribution in [0.5, 0.6) is 0 Å². The molecule has 0 aromatic heterocycles. The predicted molar refractivity (Wildman–Crippen MR) is 122 cm³/mol. The lowest BCUT2D eigenvalue weighted by molar-refractivity contribution is 0.0697. The molecule has 0 saturated heterocycles. The first-order chi connectivity index (χ1) is 13.9. The molecule has 0 heterocycles. The van der Waals surface area contributed by atoms with Gasteiger partial charge in [0, 0.05) is 18.8 Å². The number of carboxylic acid groups (broad SMARTS) is 1. The van der Waals surface area contributed by atoms with Gasteiger partial charge in [0.2, 0.25) is 0 Å². The van der Waals surface area contributed by atoms with Gasteiger partial charge in [0.1, 0.15) is 0 Å². The molecular weight excluding hydrogens is 400 g/mol. The number of anilines is 2. The number of hydrogen-bond donors (Lipinski definition) is 2. The van der Waals surface area contributed by atoms with E-state index in [1.165, 1.54) is 6.07 Å². The van der Waals surface area contributed by atoms with Gasteiger partial charge >= 0.3 is 5.97 Å². The molecule has 0 aliphatic carbocycles. The highest BCUT2D eigenvalue weighted by molar-refractivity contribution is 7.92. The molecule has 0 unspecified atom stereocenters. The lowest BCUT2D eigenvalue weighted by Gasteiger charge is -2.30. The Kier molecular flexibility index (Phi) is 7.53. The van der Waals surface area contributed by atoms with Crippen LogP contribution in [-0.4, -0.2) is 32.6 Å². The molecule has 2 aromatic carbocycles. The highest BCUT2D eigenvalue weighted by Gasteiger charge is 2.21. The topological polar surface area (TPSA) is 86.7 Å². The highest BCUT2D eigenvalue weighted by atomic mass is 32.2. The zero-order chi connectivity index (χ0) is 22.6. The second kappa shape index (κ2) is 9.51. The van der Waals surface area contributed by atoms with Crippen LogP contribution < -0.4 is 9.62 Å². The summed E-state index contributed by atoms with van der Waals surface area (Å²) in [5.41, 5.74) is 2.51. The Labute approximate surface area is 180 Å². The third-order valence-electron chi connectivity index (χ3n) is 4.61. The summed E-state index contributed by atoms with van der Waals surface area (Å²) in [5.74, 6) is -0.378. The van der Waals surface area contributed by atoms with E-state index in [9.17, 15) is 18.3 Å². The van der Waals surface area contributed by atoms with E-state index >= 15 is 0 Å². The molecule has 164 valence electrons. The number of aryl methyl sites for hydroxylation is 2. The smallest absolute Gasteiger partial charge is 0.337 e. The summed E-state index contributed by atoms with van der Waals surface area (Å²) in [7, 11) is -3.83. The lowest BCUT2D eigenvalue weighted by Crippen LogP contribution is -2.32. The van der Waals surface area contributed by atoms with Crippen molar-refractivity contribution >= 4 is 27.4 Å². The Balaban J connectivity index is 2.44. The summed E-state index contributed by atoms with van der Waals surface area (Å²) in [6.45, 7) is 13.4. The van der Waals surface area contributed by atoms with Crippen molar-refractivity contribution in [3.8, 4) is 0 Å². The fourth-order valence-electron chi connectivity index (χ4n) is 3.51. The van der Waals surface area contributed by atoms with Gasteiger partial charge in [0.15, 0.2) is 0 Å². The third-order valence-corrected chi connectivity index (χ3v) is 6.15. The highest BCUT2D eigenvalue weighted by Crippen LogP contribution is 2.28. The maximum absolute atomic E-state index is 12.9. The van der Waals surface area contributed by atoms with E-state index in [1.807, 2.05) is 6.92 Å². The maximum atomic E-state index is 12.9. The molecule has 0 saturated carbocycles. The van der Waals surface area contributed by atoms with Crippen molar-refractivity contribution in [3.63, 3.8) is 0 Å². The van der Waals surface area contributed by atoms with Gasteiger partial charge in [0.25, 0.3) is 10.0 Å². The summed E-state index contributed by atoms with van der Waals surface area (Å²) in [4.78, 5) is 14.2. The first-order valence-electron chi connectivity index (χ1n) is 10.1. The number of nitrogens with zero attached hydrogens (tertiary/aromatic N) is 1. The number of carboxylic acids is 1. The van der Waals surface area contributed by atoms with E-state index in [0.717, 1.165) is 5.56 Å². The number of benzene rings is 2. The SMILES string of the molecule is Cc1ccc(S(=O)(=O)Nc2ccc(N(CC(C)C)CC(C)C)c(C(=O)O)c2)c(C)c1. The van der Waals surface area contributed by atoms with E-state index in [-0.39, 0.29) is 16.1 Å². The van der Waals surface area contributed by atoms with Gasteiger partial charge in [-0.3, -0.25) is 4.72 Å². The first kappa shape index (κ1) is 23.7. The van der Waals surface area contributed by atoms with Gasteiger partial charge in [-0.1, -0.05) is 45.4 Å². The molecule has 30 heavy (non-hydrogen) atoms. The Hall–Kier alpha value is -2.54. The average molecular weight is 433 g/mol. The summed E-state index contributed by atoms with van der Waals surface area (Å²) in [6.07, 6.45) is 0. The van der Waals surface area contributed by atoms with E-state index in [0.29, 0.717) is 36.2 Å². The standard InChI is InChI=1S/C23H32N2O4S/c1-15(2)13-25(14-16(3)4)21-9-8-19(12-20(21)23(26)27)24-30(28,29)22-10-7-17(5)11-18(22)6/h7-12,15-16,24H,13-14H2,1-6H3,(H,26,27). The van der Waals surface area contributed by atoms with Crippen LogP contribution in [0.15, 0.2) is 41.3 Å². The monoisotopic (exact) mass is 432 g/mol. The van der Waals surface area contributed by atoms with Crippen molar-refractivity contribution < 1.29 is 18.3 Å². The van der Waals surface area contributed by atoms with Crippen LogP contribution in [-0.2, 0) is 10.0 Å². The van der Waals surface area contributed by atoms with Gasteiger partial charge in [0.05, 0.1) is 16.1 Å². The van der Waals surface area contributed by atoms with Gasteiger partial charge in [-0.25, -0.2) is 13.2 Å². The van der Waals surface area contributed by atoms with Crippen molar-refractivity contribution in [2.75, 3.05) is 22.7 Å². The van der Waals surface area contributed by atoms with E-state index in [1.54, 1.807) is 37.3 Å². The Morgan fingerprint density at radius 3 is 2.10 bits per heavy atom. The molecule has 7 heteroatoms. The minimum atomic E-state index is -3.83. The van der Waals surface area contributed by atoms with Crippen LogP contribution in [0.3, 0.4) is 0 Å². The Morgan fingerprint density at radius 1 is 1.00 bits per heavy atom. The molecule has 2 aromatic rings. The van der Waals surface area contributed by atoms with Crippen molar-refractivity contribution in [2.24, 2.45) is 11.8 Å². The van der Waals surface area contributed by atoms with Crippen molar-refractivity contribution in [3.05, 3.63) is 53.1 Å². The maximum Gasteiger partial charge on any atom is 0.337 e. The number of sulfonamides is 1. The van der Waals surface area contributed by atoms with E-state index in [4.69, 9.17) is 0 Å². The van der Waals surface area contributed by atoms with Crippen molar-refractivity contribution in [1.82, 2.24) is 0 Å². The molecule has 0 atom stereocenters. The van der Waals surface area contributed by atoms with Crippen LogP contribution in [0.2, 0.25) is 0 Å². The van der Waals surface area contributed by atoms with Gasteiger partial charge < -0.3 is 10.0 Å². The third kappa shape index (κ3) is 5.98. The van der Waals surface area contributed by atoms with Crippen LogP contribution in [0.1, 0.15) is 49.2 Å². The van der Waals surface area contributed by atoms with E-state index < -0.39 is 16.0 Å². The normalized spacial score (nSPS) is 11.7. The number of rotatable bonds is 9. The van der Waals surface area contributed by atoms with Crippen LogP contribution >= 0.6 is 0 Å². The Bertz CT molecular complexity index is 1000. The summed E-state index contributed by atoms with van der Waals surface area (Å²) < 4.78 is 28.2. The molecule has 0 bridgehead atoms. The number of hydrogen-bond acceptors (Lipinski definition) is 4. The minimum Gasteiger partial charge on any atom is -0.478 e. The van der Waals surface area contributed by atoms with Gasteiger partial charge in [-0.05, 0) is 55.5 Å². The fourth-order valence-corrected chi connectivity index (χ4v) is 4.79. The second-order valence-electron chi connectivity index (χ2n) is 8.60. The summed E-state index contributed by atoms with van der Waals surface area (Å²) >= 11 is 0. The molecule has 0 radical (unpaired) electrons. The van der Waals surface area contributed by atoms with Crippen molar-refractivity contribution in [1.29, 1.82) is 0 Å². The minimum absolute atomic E-state index is 0.0807. The molecule has 6 nitrogen and oxygen atoms in total. The fraction of sp³-hybridized carbons (Fsp3) is 0.435. The Morgan fingerprint density at radius 2 is 1.60 bits per heavy atom. The predicted octanol–water partition coefficient (Wildman–Crippen LogP) is 4.92. The molecule has 0 fully saturated rings. The van der Waals surface area contributed by atoms with Crippen molar-refractivity contribution in [2.45, 2.75) is 46.4 Å². The summed E-state index contributed by atoms with van der Waals surface area (Å²) in [5, 5.41) is 9.79. The van der Waals surface area contributed by atoms with Crippen LogP contribution in [0, 0.1) is 25.7 Å². The first-order valence-corrected chi connectivity index (χ1v) is 11.6. The van der Waals surface area contributed by atoms with Crippen LogP contribution in [0.25, 0.3) is 0 Å².